The molecule has 1 amide bonds. The van der Waals surface area contributed by atoms with Gasteiger partial charge < -0.3 is 9.64 Å². The van der Waals surface area contributed by atoms with Crippen LogP contribution in [0.15, 0.2) is 54.6 Å². The van der Waals surface area contributed by atoms with Crippen LogP contribution in [-0.4, -0.2) is 45.2 Å². The average molecular weight is 391 g/mol. The zero-order valence-corrected chi connectivity index (χ0v) is 16.9. The van der Waals surface area contributed by atoms with Crippen LogP contribution in [0.25, 0.3) is 0 Å². The molecule has 0 aromatic heterocycles. The number of hydrogen-bond acceptors (Lipinski definition) is 4. The van der Waals surface area contributed by atoms with E-state index in [4.69, 9.17) is 4.74 Å². The highest BCUT2D eigenvalue weighted by molar-refractivity contribution is 7.92. The summed E-state index contributed by atoms with van der Waals surface area (Å²) >= 11 is 0. The summed E-state index contributed by atoms with van der Waals surface area (Å²) in [6.07, 6.45) is 1.05. The van der Waals surface area contributed by atoms with Crippen LogP contribution in [-0.2, 0) is 21.4 Å². The molecule has 0 N–H and O–H groups in total. The second-order valence-corrected chi connectivity index (χ2v) is 8.58. The molecule has 146 valence electrons. The molecule has 0 fully saturated rings. The number of ether oxygens (including phenoxy) is 1. The average Bonchev–Trinajstić information content (AvgIpc) is 2.59. The summed E-state index contributed by atoms with van der Waals surface area (Å²) in [7, 11) is -1.97. The largest absolute Gasteiger partial charge is 0.491 e. The van der Waals surface area contributed by atoms with E-state index in [0.29, 0.717) is 18.0 Å². The van der Waals surface area contributed by atoms with Crippen molar-refractivity contribution < 1.29 is 17.9 Å². The number of benzene rings is 2. The Kier molecular flexibility index (Phi) is 6.85. The standard InChI is InChI=1S/C20H26N2O4S/c1-16(2)26-19-12-8-11-18(13-19)22(27(4,24)25)15-20(23)21(3)14-17-9-6-5-7-10-17/h5-13,16H,14-15H2,1-4H3. The fourth-order valence-electron chi connectivity index (χ4n) is 2.57. The second-order valence-electron chi connectivity index (χ2n) is 6.67. The molecule has 0 aliphatic heterocycles. The number of carbonyl (C=O) groups excluding carboxylic acids is 1. The van der Waals surface area contributed by atoms with Gasteiger partial charge in [0.25, 0.3) is 0 Å². The third-order valence-corrected chi connectivity index (χ3v) is 4.99. The van der Waals surface area contributed by atoms with Crippen molar-refractivity contribution in [3.63, 3.8) is 0 Å². The molecule has 7 heteroatoms. The Balaban J connectivity index is 2.18. The molecule has 0 spiro atoms. The first-order valence-corrected chi connectivity index (χ1v) is 10.5. The van der Waals surface area contributed by atoms with E-state index in [-0.39, 0.29) is 18.6 Å². The first-order valence-electron chi connectivity index (χ1n) is 8.69. The maximum Gasteiger partial charge on any atom is 0.243 e. The lowest BCUT2D eigenvalue weighted by Gasteiger charge is -2.25. The molecule has 0 radical (unpaired) electrons. The van der Waals surface area contributed by atoms with Gasteiger partial charge in [0.2, 0.25) is 15.9 Å². The van der Waals surface area contributed by atoms with Crippen molar-refractivity contribution in [3.05, 3.63) is 60.2 Å². The Hall–Kier alpha value is -2.54. The van der Waals surface area contributed by atoms with Crippen LogP contribution in [0.2, 0.25) is 0 Å². The van der Waals surface area contributed by atoms with E-state index in [0.717, 1.165) is 16.1 Å². The van der Waals surface area contributed by atoms with Gasteiger partial charge in [-0.05, 0) is 31.5 Å². The van der Waals surface area contributed by atoms with Crippen LogP contribution in [0.3, 0.4) is 0 Å². The van der Waals surface area contributed by atoms with Crippen molar-refractivity contribution in [2.75, 3.05) is 24.2 Å². The lowest BCUT2D eigenvalue weighted by Crippen LogP contribution is -2.41. The lowest BCUT2D eigenvalue weighted by atomic mass is 10.2. The van der Waals surface area contributed by atoms with Crippen LogP contribution < -0.4 is 9.04 Å². The topological polar surface area (TPSA) is 66.9 Å². The van der Waals surface area contributed by atoms with Gasteiger partial charge in [-0.1, -0.05) is 36.4 Å². The predicted octanol–water partition coefficient (Wildman–Crippen LogP) is 2.90. The smallest absolute Gasteiger partial charge is 0.243 e. The van der Waals surface area contributed by atoms with Crippen molar-refractivity contribution >= 4 is 21.6 Å². The van der Waals surface area contributed by atoms with Gasteiger partial charge in [-0.2, -0.15) is 0 Å². The van der Waals surface area contributed by atoms with Crippen molar-refractivity contribution in [3.8, 4) is 5.75 Å². The minimum Gasteiger partial charge on any atom is -0.491 e. The second kappa shape index (κ2) is 8.90. The third kappa shape index (κ3) is 6.29. The maximum atomic E-state index is 12.6. The number of carbonyl (C=O) groups is 1. The van der Waals surface area contributed by atoms with Gasteiger partial charge in [-0.25, -0.2) is 8.42 Å². The molecule has 0 atom stereocenters. The van der Waals surface area contributed by atoms with E-state index in [9.17, 15) is 13.2 Å². The Bertz CT molecular complexity index is 867. The van der Waals surface area contributed by atoms with Crippen LogP contribution in [0, 0.1) is 0 Å². The molecular formula is C20H26N2O4S. The Morgan fingerprint density at radius 3 is 2.33 bits per heavy atom. The zero-order chi connectivity index (χ0) is 20.0. The Morgan fingerprint density at radius 1 is 1.07 bits per heavy atom. The maximum absolute atomic E-state index is 12.6. The van der Waals surface area contributed by atoms with Crippen molar-refractivity contribution in [1.82, 2.24) is 4.90 Å². The van der Waals surface area contributed by atoms with Crippen molar-refractivity contribution in [1.29, 1.82) is 0 Å². The highest BCUT2D eigenvalue weighted by Gasteiger charge is 2.23. The molecule has 0 heterocycles. The number of amides is 1. The van der Waals surface area contributed by atoms with Gasteiger partial charge in [0, 0.05) is 19.7 Å². The SMILES string of the molecule is CC(C)Oc1cccc(N(CC(=O)N(C)Cc2ccccc2)S(C)(=O)=O)c1. The summed E-state index contributed by atoms with van der Waals surface area (Å²) in [6, 6.07) is 16.3. The first kappa shape index (κ1) is 20.8. The molecule has 0 unspecified atom stereocenters. The molecule has 2 aromatic carbocycles. The van der Waals surface area contributed by atoms with Gasteiger partial charge in [0.05, 0.1) is 18.0 Å². The van der Waals surface area contributed by atoms with Crippen LogP contribution in [0.5, 0.6) is 5.75 Å². The van der Waals surface area contributed by atoms with Crippen LogP contribution >= 0.6 is 0 Å². The quantitative estimate of drug-likeness (QED) is 0.695. The molecule has 0 aliphatic rings. The van der Waals surface area contributed by atoms with E-state index in [1.54, 1.807) is 31.3 Å². The minimum absolute atomic E-state index is 0.0365. The molecular weight excluding hydrogens is 364 g/mol. The minimum atomic E-state index is -3.63. The van der Waals surface area contributed by atoms with Crippen molar-refractivity contribution in [2.24, 2.45) is 0 Å². The van der Waals surface area contributed by atoms with E-state index in [2.05, 4.69) is 0 Å². The van der Waals surface area contributed by atoms with E-state index >= 15 is 0 Å². The van der Waals surface area contributed by atoms with Gasteiger partial charge in [0.1, 0.15) is 12.3 Å². The summed E-state index contributed by atoms with van der Waals surface area (Å²) in [6.45, 7) is 3.92. The predicted molar refractivity (Wildman–Crippen MR) is 107 cm³/mol. The first-order chi connectivity index (χ1) is 12.7. The molecule has 0 aliphatic carbocycles. The normalized spacial score (nSPS) is 11.3. The number of hydrogen-bond donors (Lipinski definition) is 0. The number of anilines is 1. The van der Waals surface area contributed by atoms with Crippen LogP contribution in [0.1, 0.15) is 19.4 Å². The molecule has 6 nitrogen and oxygen atoms in total. The van der Waals surface area contributed by atoms with E-state index in [1.807, 2.05) is 44.2 Å². The summed E-state index contributed by atoms with van der Waals surface area (Å²) in [5.74, 6) is 0.265. The number of sulfonamides is 1. The van der Waals surface area contributed by atoms with Gasteiger partial charge in [-0.3, -0.25) is 9.10 Å². The zero-order valence-electron chi connectivity index (χ0n) is 16.1. The fraction of sp³-hybridized carbons (Fsp3) is 0.350. The molecule has 0 saturated carbocycles. The summed E-state index contributed by atoms with van der Waals surface area (Å²) in [4.78, 5) is 14.1. The number of likely N-dealkylation sites (N-methyl/N-ethyl adjacent to an activating group) is 1. The molecule has 2 aromatic rings. The molecule has 0 bridgehead atoms. The number of rotatable bonds is 8. The van der Waals surface area contributed by atoms with Crippen molar-refractivity contribution in [2.45, 2.75) is 26.5 Å². The molecule has 0 saturated heterocycles. The molecule has 27 heavy (non-hydrogen) atoms. The van der Waals surface area contributed by atoms with Gasteiger partial charge in [-0.15, -0.1) is 0 Å². The third-order valence-electron chi connectivity index (χ3n) is 3.84. The number of nitrogens with zero attached hydrogens (tertiary/aromatic N) is 2. The fourth-order valence-corrected chi connectivity index (χ4v) is 3.41. The van der Waals surface area contributed by atoms with Gasteiger partial charge in [0.15, 0.2) is 0 Å². The monoisotopic (exact) mass is 390 g/mol. The summed E-state index contributed by atoms with van der Waals surface area (Å²) < 4.78 is 31.3. The Labute approximate surface area is 161 Å². The highest BCUT2D eigenvalue weighted by atomic mass is 32.2. The van der Waals surface area contributed by atoms with Gasteiger partial charge >= 0.3 is 0 Å². The van der Waals surface area contributed by atoms with Crippen LogP contribution in [0.4, 0.5) is 5.69 Å². The summed E-state index contributed by atoms with van der Waals surface area (Å²) in [5.41, 5.74) is 1.38. The highest BCUT2D eigenvalue weighted by Crippen LogP contribution is 2.24. The molecule has 2 rings (SSSR count). The van der Waals surface area contributed by atoms with E-state index in [1.165, 1.54) is 4.90 Å². The summed E-state index contributed by atoms with van der Waals surface area (Å²) in [5, 5.41) is 0. The lowest BCUT2D eigenvalue weighted by molar-refractivity contribution is -0.128. The van der Waals surface area contributed by atoms with E-state index < -0.39 is 10.0 Å². The Morgan fingerprint density at radius 2 is 1.74 bits per heavy atom.